The molecule has 1 heterocycles. The van der Waals surface area contributed by atoms with E-state index in [1.807, 2.05) is 84.9 Å². The molecule has 4 aromatic rings. The van der Waals surface area contributed by atoms with Crippen LogP contribution in [0.2, 0.25) is 0 Å². The lowest BCUT2D eigenvalue weighted by Gasteiger charge is -2.45. The number of ether oxygens (including phenoxy) is 1. The molecule has 0 bridgehead atoms. The van der Waals surface area contributed by atoms with Gasteiger partial charge in [0.05, 0.1) is 12.1 Å². The van der Waals surface area contributed by atoms with E-state index in [9.17, 15) is 4.79 Å². The SMILES string of the molecule is O=C1NC(OCc2ccccc2)C1NC(c1ccccc1)(c1ccccc1)c1ccccc1. The third-order valence-corrected chi connectivity index (χ3v) is 6.13. The topological polar surface area (TPSA) is 50.4 Å². The zero-order valence-electron chi connectivity index (χ0n) is 18.2. The molecule has 0 aliphatic carbocycles. The van der Waals surface area contributed by atoms with Crippen LogP contribution in [-0.2, 0) is 21.7 Å². The number of rotatable bonds is 8. The zero-order chi connectivity index (χ0) is 22.5. The Bertz CT molecular complexity index is 1080. The number of carbonyl (C=O) groups is 1. The average molecular weight is 435 g/mol. The molecule has 1 amide bonds. The highest BCUT2D eigenvalue weighted by Crippen LogP contribution is 2.38. The molecule has 1 fully saturated rings. The van der Waals surface area contributed by atoms with Gasteiger partial charge in [-0.2, -0.15) is 0 Å². The minimum Gasteiger partial charge on any atom is -0.352 e. The van der Waals surface area contributed by atoms with E-state index in [4.69, 9.17) is 4.74 Å². The maximum absolute atomic E-state index is 12.8. The van der Waals surface area contributed by atoms with E-state index in [1.165, 1.54) is 0 Å². The molecule has 1 saturated heterocycles. The number of nitrogens with one attached hydrogen (secondary N) is 2. The average Bonchev–Trinajstić information content (AvgIpc) is 2.89. The number of hydrogen-bond donors (Lipinski definition) is 2. The van der Waals surface area contributed by atoms with Crippen molar-refractivity contribution in [1.82, 2.24) is 10.6 Å². The largest absolute Gasteiger partial charge is 0.352 e. The highest BCUT2D eigenvalue weighted by molar-refractivity contribution is 5.89. The minimum absolute atomic E-state index is 0.0692. The summed E-state index contributed by atoms with van der Waals surface area (Å²) < 4.78 is 6.11. The second kappa shape index (κ2) is 9.41. The Balaban J connectivity index is 1.54. The predicted octanol–water partition coefficient (Wildman–Crippen LogP) is 4.61. The molecule has 2 N–H and O–H groups in total. The van der Waals surface area contributed by atoms with Crippen molar-refractivity contribution < 1.29 is 9.53 Å². The molecule has 4 heteroatoms. The lowest BCUT2D eigenvalue weighted by molar-refractivity contribution is -0.149. The molecule has 0 radical (unpaired) electrons. The van der Waals surface area contributed by atoms with Crippen molar-refractivity contribution in [1.29, 1.82) is 0 Å². The minimum atomic E-state index is -0.722. The zero-order valence-corrected chi connectivity index (χ0v) is 18.2. The summed E-state index contributed by atoms with van der Waals surface area (Å²) in [4.78, 5) is 12.8. The fourth-order valence-corrected chi connectivity index (χ4v) is 4.44. The number of hydrogen-bond acceptors (Lipinski definition) is 3. The summed E-state index contributed by atoms with van der Waals surface area (Å²) in [5.41, 5.74) is 3.52. The van der Waals surface area contributed by atoms with Crippen LogP contribution in [0.15, 0.2) is 121 Å². The molecule has 164 valence electrons. The van der Waals surface area contributed by atoms with Gasteiger partial charge in [0.25, 0.3) is 0 Å². The van der Waals surface area contributed by atoms with Gasteiger partial charge >= 0.3 is 0 Å². The van der Waals surface area contributed by atoms with Crippen LogP contribution in [0.25, 0.3) is 0 Å². The van der Waals surface area contributed by atoms with E-state index in [0.29, 0.717) is 6.61 Å². The van der Waals surface area contributed by atoms with Crippen molar-refractivity contribution in [2.45, 2.75) is 24.4 Å². The Kier molecular flexibility index (Phi) is 6.03. The van der Waals surface area contributed by atoms with Crippen molar-refractivity contribution >= 4 is 5.91 Å². The third-order valence-electron chi connectivity index (χ3n) is 6.13. The van der Waals surface area contributed by atoms with E-state index in [1.54, 1.807) is 0 Å². The van der Waals surface area contributed by atoms with Crippen LogP contribution in [0, 0.1) is 0 Å². The summed E-state index contributed by atoms with van der Waals surface area (Å²) in [7, 11) is 0. The monoisotopic (exact) mass is 434 g/mol. The Morgan fingerprint density at radius 3 is 1.52 bits per heavy atom. The quantitative estimate of drug-likeness (QED) is 0.315. The number of β-lactam (4-membered cyclic amide) rings is 1. The highest BCUT2D eigenvalue weighted by atomic mass is 16.5. The number of benzene rings is 4. The molecule has 2 atom stereocenters. The van der Waals surface area contributed by atoms with Crippen LogP contribution < -0.4 is 10.6 Å². The lowest BCUT2D eigenvalue weighted by Crippen LogP contribution is -2.72. The Hall–Kier alpha value is -3.73. The number of carbonyl (C=O) groups excluding carboxylic acids is 1. The lowest BCUT2D eigenvalue weighted by atomic mass is 9.76. The first-order valence-corrected chi connectivity index (χ1v) is 11.2. The first-order valence-electron chi connectivity index (χ1n) is 11.2. The molecule has 4 nitrogen and oxygen atoms in total. The highest BCUT2D eigenvalue weighted by Gasteiger charge is 2.47. The smallest absolute Gasteiger partial charge is 0.243 e. The Morgan fingerprint density at radius 2 is 1.09 bits per heavy atom. The van der Waals surface area contributed by atoms with Gasteiger partial charge < -0.3 is 10.1 Å². The normalized spacial score (nSPS) is 17.8. The second-order valence-corrected chi connectivity index (χ2v) is 8.20. The van der Waals surface area contributed by atoms with Crippen LogP contribution in [0.1, 0.15) is 22.3 Å². The van der Waals surface area contributed by atoms with Gasteiger partial charge in [0.15, 0.2) is 6.23 Å². The fourth-order valence-electron chi connectivity index (χ4n) is 4.44. The van der Waals surface area contributed by atoms with Gasteiger partial charge in [0.2, 0.25) is 5.91 Å². The van der Waals surface area contributed by atoms with E-state index in [2.05, 4.69) is 47.0 Å². The van der Waals surface area contributed by atoms with E-state index < -0.39 is 17.8 Å². The van der Waals surface area contributed by atoms with Crippen molar-refractivity contribution in [3.8, 4) is 0 Å². The maximum Gasteiger partial charge on any atom is 0.243 e. The standard InChI is InChI=1S/C29H26N2O2/c32-27-26(28(30-27)33-21-22-13-5-1-6-14-22)31-29(23-15-7-2-8-16-23,24-17-9-3-10-18-24)25-19-11-4-12-20-25/h1-20,26,28,31H,21H2,(H,30,32). The van der Waals surface area contributed by atoms with Gasteiger partial charge in [-0.25, -0.2) is 0 Å². The van der Waals surface area contributed by atoms with Crippen molar-refractivity contribution in [3.63, 3.8) is 0 Å². The second-order valence-electron chi connectivity index (χ2n) is 8.20. The predicted molar refractivity (Wildman–Crippen MR) is 129 cm³/mol. The molecule has 0 spiro atoms. The van der Waals surface area contributed by atoms with Crippen LogP contribution in [-0.4, -0.2) is 18.2 Å². The van der Waals surface area contributed by atoms with Crippen molar-refractivity contribution in [3.05, 3.63) is 144 Å². The van der Waals surface area contributed by atoms with E-state index in [-0.39, 0.29) is 5.91 Å². The first kappa shape index (κ1) is 21.1. The molecule has 2 unspecified atom stereocenters. The van der Waals surface area contributed by atoms with Gasteiger partial charge in [-0.05, 0) is 22.3 Å². The molecule has 0 saturated carbocycles. The molecular formula is C29H26N2O2. The van der Waals surface area contributed by atoms with Crippen LogP contribution in [0.3, 0.4) is 0 Å². The first-order chi connectivity index (χ1) is 16.3. The van der Waals surface area contributed by atoms with Crippen molar-refractivity contribution in [2.75, 3.05) is 0 Å². The molecule has 5 rings (SSSR count). The van der Waals surface area contributed by atoms with Gasteiger partial charge in [-0.15, -0.1) is 0 Å². The summed E-state index contributed by atoms with van der Waals surface area (Å²) in [6.07, 6.45) is -0.423. The number of amides is 1. The fraction of sp³-hybridized carbons (Fsp3) is 0.138. The molecule has 1 aliphatic rings. The van der Waals surface area contributed by atoms with Crippen molar-refractivity contribution in [2.24, 2.45) is 0 Å². The summed E-state index contributed by atoms with van der Waals surface area (Å²) in [6.45, 7) is 0.430. The summed E-state index contributed by atoms with van der Waals surface area (Å²) >= 11 is 0. The van der Waals surface area contributed by atoms with Crippen LogP contribution in [0.4, 0.5) is 0 Å². The van der Waals surface area contributed by atoms with Crippen LogP contribution >= 0.6 is 0 Å². The molecular weight excluding hydrogens is 408 g/mol. The third kappa shape index (κ3) is 4.19. The van der Waals surface area contributed by atoms with Gasteiger partial charge in [0.1, 0.15) is 6.04 Å². The van der Waals surface area contributed by atoms with Gasteiger partial charge in [-0.1, -0.05) is 121 Å². The molecule has 0 aromatic heterocycles. The summed E-state index contributed by atoms with van der Waals surface area (Å²) in [6, 6.07) is 40.3. The van der Waals surface area contributed by atoms with Gasteiger partial charge in [0, 0.05) is 0 Å². The maximum atomic E-state index is 12.8. The molecule has 4 aromatic carbocycles. The van der Waals surface area contributed by atoms with E-state index >= 15 is 0 Å². The Morgan fingerprint density at radius 1 is 0.667 bits per heavy atom. The molecule has 1 aliphatic heterocycles. The van der Waals surface area contributed by atoms with Crippen LogP contribution in [0.5, 0.6) is 0 Å². The van der Waals surface area contributed by atoms with Gasteiger partial charge in [-0.3, -0.25) is 10.1 Å². The van der Waals surface area contributed by atoms with E-state index in [0.717, 1.165) is 22.3 Å². The summed E-state index contributed by atoms with van der Waals surface area (Å²) in [5.74, 6) is -0.0692. The molecule has 33 heavy (non-hydrogen) atoms. The Labute approximate surface area is 194 Å². The summed E-state index contributed by atoms with van der Waals surface area (Å²) in [5, 5.41) is 6.63.